The summed E-state index contributed by atoms with van der Waals surface area (Å²) in [6.45, 7) is 2.87. The fraction of sp³-hybridized carbons (Fsp3) is 0.381. The number of nitrogens with one attached hydrogen (secondary N) is 1. The molecule has 3 rings (SSSR count). The molecule has 28 heavy (non-hydrogen) atoms. The number of benzene rings is 2. The molecule has 7 heteroatoms. The van der Waals surface area contributed by atoms with Gasteiger partial charge in [0.1, 0.15) is 12.4 Å². The van der Waals surface area contributed by atoms with Gasteiger partial charge in [-0.3, -0.25) is 4.79 Å². The van der Waals surface area contributed by atoms with Crippen LogP contribution in [0.3, 0.4) is 0 Å². The van der Waals surface area contributed by atoms with Crippen LogP contribution in [-0.2, 0) is 14.8 Å². The van der Waals surface area contributed by atoms with Crippen molar-refractivity contribution in [3.63, 3.8) is 0 Å². The highest BCUT2D eigenvalue weighted by atomic mass is 32.2. The molecule has 2 atom stereocenters. The summed E-state index contributed by atoms with van der Waals surface area (Å²) in [5.41, 5.74) is 0. The van der Waals surface area contributed by atoms with Crippen LogP contribution in [-0.4, -0.2) is 44.4 Å². The van der Waals surface area contributed by atoms with Crippen LogP contribution in [0, 0.1) is 5.92 Å². The molecule has 150 valence electrons. The van der Waals surface area contributed by atoms with Crippen LogP contribution in [0.2, 0.25) is 0 Å². The van der Waals surface area contributed by atoms with E-state index in [2.05, 4.69) is 5.32 Å². The van der Waals surface area contributed by atoms with E-state index in [9.17, 15) is 13.2 Å². The van der Waals surface area contributed by atoms with Crippen molar-refractivity contribution < 1.29 is 17.9 Å². The normalized spacial score (nSPS) is 19.0. The summed E-state index contributed by atoms with van der Waals surface area (Å²) in [4.78, 5) is 12.9. The standard InChI is InChI=1S/C21H26N2O4S/c1-17(16-27-19-10-4-2-5-11-19)22-21(24)18-9-8-14-23(15-18)28(25,26)20-12-6-3-7-13-20/h2-7,10-13,17-18H,8-9,14-16H2,1H3,(H,22,24)/t17-,18+/m1/s1. The molecule has 0 radical (unpaired) electrons. The molecule has 1 amide bonds. The molecule has 1 saturated heterocycles. The van der Waals surface area contributed by atoms with Gasteiger partial charge >= 0.3 is 0 Å². The Hall–Kier alpha value is -2.38. The quantitative estimate of drug-likeness (QED) is 0.773. The summed E-state index contributed by atoms with van der Waals surface area (Å²) >= 11 is 0. The number of amides is 1. The van der Waals surface area contributed by atoms with Crippen molar-refractivity contribution >= 4 is 15.9 Å². The molecule has 2 aromatic rings. The van der Waals surface area contributed by atoms with Crippen molar-refractivity contribution in [1.29, 1.82) is 0 Å². The highest BCUT2D eigenvalue weighted by Gasteiger charge is 2.33. The second-order valence-electron chi connectivity index (χ2n) is 7.05. The summed E-state index contributed by atoms with van der Waals surface area (Å²) in [6, 6.07) is 17.6. The maximum Gasteiger partial charge on any atom is 0.243 e. The predicted octanol–water partition coefficient (Wildman–Crippen LogP) is 2.67. The third kappa shape index (κ3) is 5.11. The first-order valence-corrected chi connectivity index (χ1v) is 10.9. The molecule has 1 aliphatic heterocycles. The highest BCUT2D eigenvalue weighted by molar-refractivity contribution is 7.89. The largest absolute Gasteiger partial charge is 0.491 e. The molecular formula is C21H26N2O4S. The van der Waals surface area contributed by atoms with Gasteiger partial charge in [-0.2, -0.15) is 4.31 Å². The summed E-state index contributed by atoms with van der Waals surface area (Å²) in [6.07, 6.45) is 1.35. The maximum absolute atomic E-state index is 12.8. The molecule has 1 N–H and O–H groups in total. The minimum atomic E-state index is -3.57. The van der Waals surface area contributed by atoms with E-state index >= 15 is 0 Å². The Labute approximate surface area is 166 Å². The van der Waals surface area contributed by atoms with Gasteiger partial charge in [-0.05, 0) is 44.0 Å². The van der Waals surface area contributed by atoms with E-state index in [0.29, 0.717) is 26.0 Å². The Kier molecular flexibility index (Phi) is 6.70. The third-order valence-electron chi connectivity index (χ3n) is 4.77. The molecule has 6 nitrogen and oxygen atoms in total. The summed E-state index contributed by atoms with van der Waals surface area (Å²) in [7, 11) is -3.57. The van der Waals surface area contributed by atoms with Gasteiger partial charge in [0.2, 0.25) is 15.9 Å². The van der Waals surface area contributed by atoms with Crippen LogP contribution >= 0.6 is 0 Å². The molecular weight excluding hydrogens is 376 g/mol. The van der Waals surface area contributed by atoms with Gasteiger partial charge in [0.05, 0.1) is 16.9 Å². The summed E-state index contributed by atoms with van der Waals surface area (Å²) < 4.78 is 32.7. The summed E-state index contributed by atoms with van der Waals surface area (Å²) in [5.74, 6) is 0.268. The van der Waals surface area contributed by atoms with Crippen molar-refractivity contribution in [2.24, 2.45) is 5.92 Å². The fourth-order valence-electron chi connectivity index (χ4n) is 3.26. The van der Waals surface area contributed by atoms with Crippen molar-refractivity contribution in [3.05, 3.63) is 60.7 Å². The lowest BCUT2D eigenvalue weighted by atomic mass is 9.98. The number of carbonyl (C=O) groups is 1. The molecule has 1 fully saturated rings. The Morgan fingerprint density at radius 3 is 2.46 bits per heavy atom. The fourth-order valence-corrected chi connectivity index (χ4v) is 4.80. The zero-order valence-corrected chi connectivity index (χ0v) is 16.8. The average molecular weight is 403 g/mol. The van der Waals surface area contributed by atoms with E-state index in [4.69, 9.17) is 4.74 Å². The van der Waals surface area contributed by atoms with Crippen LogP contribution in [0.4, 0.5) is 0 Å². The Balaban J connectivity index is 1.55. The second-order valence-corrected chi connectivity index (χ2v) is 8.99. The minimum absolute atomic E-state index is 0.128. The number of hydrogen-bond acceptors (Lipinski definition) is 4. The Morgan fingerprint density at radius 2 is 1.79 bits per heavy atom. The number of rotatable bonds is 7. The molecule has 1 heterocycles. The number of nitrogens with zero attached hydrogens (tertiary/aromatic N) is 1. The lowest BCUT2D eigenvalue weighted by Crippen LogP contribution is -2.48. The van der Waals surface area contributed by atoms with Gasteiger partial charge in [-0.15, -0.1) is 0 Å². The van der Waals surface area contributed by atoms with Gasteiger partial charge in [-0.25, -0.2) is 8.42 Å². The SMILES string of the molecule is C[C@H](COc1ccccc1)NC(=O)[C@H]1CCCN(S(=O)(=O)c2ccccc2)C1. The van der Waals surface area contributed by atoms with Crippen LogP contribution in [0.5, 0.6) is 5.75 Å². The first-order chi connectivity index (χ1) is 13.5. The van der Waals surface area contributed by atoms with Crippen LogP contribution < -0.4 is 10.1 Å². The lowest BCUT2D eigenvalue weighted by molar-refractivity contribution is -0.126. The second kappa shape index (κ2) is 9.21. The average Bonchev–Trinajstić information content (AvgIpc) is 2.73. The molecule has 0 unspecified atom stereocenters. The van der Waals surface area contributed by atoms with Crippen LogP contribution in [0.15, 0.2) is 65.6 Å². The van der Waals surface area contributed by atoms with E-state index < -0.39 is 10.0 Å². The number of ether oxygens (including phenoxy) is 1. The minimum Gasteiger partial charge on any atom is -0.491 e. The third-order valence-corrected chi connectivity index (χ3v) is 6.65. The van der Waals surface area contributed by atoms with Crippen molar-refractivity contribution in [2.45, 2.75) is 30.7 Å². The molecule has 2 aromatic carbocycles. The first kappa shape index (κ1) is 20.4. The summed E-state index contributed by atoms with van der Waals surface area (Å²) in [5, 5.41) is 2.95. The van der Waals surface area contributed by atoms with Gasteiger partial charge in [0.25, 0.3) is 0 Å². The predicted molar refractivity (Wildman–Crippen MR) is 107 cm³/mol. The molecule has 0 saturated carbocycles. The van der Waals surface area contributed by atoms with Crippen molar-refractivity contribution in [2.75, 3.05) is 19.7 Å². The van der Waals surface area contributed by atoms with Gasteiger partial charge < -0.3 is 10.1 Å². The molecule has 0 aliphatic carbocycles. The number of piperidine rings is 1. The van der Waals surface area contributed by atoms with Crippen molar-refractivity contribution in [3.8, 4) is 5.75 Å². The van der Waals surface area contributed by atoms with Crippen LogP contribution in [0.25, 0.3) is 0 Å². The Morgan fingerprint density at radius 1 is 1.14 bits per heavy atom. The number of para-hydroxylation sites is 1. The van der Waals surface area contributed by atoms with E-state index in [0.717, 1.165) is 5.75 Å². The van der Waals surface area contributed by atoms with Crippen LogP contribution in [0.1, 0.15) is 19.8 Å². The maximum atomic E-state index is 12.8. The first-order valence-electron chi connectivity index (χ1n) is 9.50. The van der Waals surface area contributed by atoms with E-state index in [1.54, 1.807) is 30.3 Å². The monoisotopic (exact) mass is 402 g/mol. The highest BCUT2D eigenvalue weighted by Crippen LogP contribution is 2.24. The number of carbonyl (C=O) groups excluding carboxylic acids is 1. The molecule has 1 aliphatic rings. The number of hydrogen-bond donors (Lipinski definition) is 1. The Bertz CT molecular complexity index is 872. The van der Waals surface area contributed by atoms with E-state index in [-0.39, 0.29) is 29.3 Å². The van der Waals surface area contributed by atoms with Gasteiger partial charge in [0.15, 0.2) is 0 Å². The zero-order chi connectivity index (χ0) is 20.0. The molecule has 0 aromatic heterocycles. The van der Waals surface area contributed by atoms with Gasteiger partial charge in [-0.1, -0.05) is 36.4 Å². The smallest absolute Gasteiger partial charge is 0.243 e. The topological polar surface area (TPSA) is 75.7 Å². The number of sulfonamides is 1. The van der Waals surface area contributed by atoms with Crippen molar-refractivity contribution in [1.82, 2.24) is 9.62 Å². The zero-order valence-electron chi connectivity index (χ0n) is 16.0. The van der Waals surface area contributed by atoms with E-state index in [1.165, 1.54) is 4.31 Å². The molecule has 0 bridgehead atoms. The lowest BCUT2D eigenvalue weighted by Gasteiger charge is -2.31. The van der Waals surface area contributed by atoms with E-state index in [1.807, 2.05) is 37.3 Å². The molecule has 0 spiro atoms. The van der Waals surface area contributed by atoms with Gasteiger partial charge in [0, 0.05) is 13.1 Å².